The Bertz CT molecular complexity index is 815. The minimum absolute atomic E-state index is 0.00265. The third-order valence-electron chi connectivity index (χ3n) is 7.33. The van der Waals surface area contributed by atoms with Crippen LogP contribution in [0.1, 0.15) is 47.1 Å². The molecule has 186 valence electrons. The van der Waals surface area contributed by atoms with Crippen LogP contribution in [0.3, 0.4) is 0 Å². The number of azide groups is 1. The maximum Gasteiger partial charge on any atom is 0.195 e. The molecule has 0 spiro atoms. The van der Waals surface area contributed by atoms with Gasteiger partial charge in [-0.05, 0) is 47.4 Å². The summed E-state index contributed by atoms with van der Waals surface area (Å²) in [4.78, 5) is 3.14. The van der Waals surface area contributed by atoms with Crippen molar-refractivity contribution >= 4 is 16.6 Å². The van der Waals surface area contributed by atoms with Crippen LogP contribution in [-0.4, -0.2) is 47.8 Å². The highest BCUT2D eigenvalue weighted by atomic mass is 28.4. The van der Waals surface area contributed by atoms with E-state index in [2.05, 4.69) is 77.8 Å². The van der Waals surface area contributed by atoms with Crippen molar-refractivity contribution in [2.45, 2.75) is 109 Å². The summed E-state index contributed by atoms with van der Waals surface area (Å²) < 4.78 is 25.8. The topological polar surface area (TPSA) is 85.7 Å². The molecule has 1 unspecified atom stereocenters. The first-order chi connectivity index (χ1) is 15.1. The average Bonchev–Trinajstić information content (AvgIpc) is 2.97. The van der Waals surface area contributed by atoms with E-state index in [1.807, 2.05) is 30.3 Å². The second-order valence-corrected chi connectivity index (χ2v) is 21.5. The van der Waals surface area contributed by atoms with E-state index < -0.39 is 41.2 Å². The lowest BCUT2D eigenvalue weighted by atomic mass is 10.1. The van der Waals surface area contributed by atoms with Crippen LogP contribution in [0.4, 0.5) is 0 Å². The molecule has 1 aliphatic heterocycles. The highest BCUT2D eigenvalue weighted by Crippen LogP contribution is 2.43. The van der Waals surface area contributed by atoms with E-state index in [4.69, 9.17) is 18.3 Å². The van der Waals surface area contributed by atoms with E-state index in [9.17, 15) is 5.53 Å². The normalized spacial score (nSPS) is 24.5. The molecule has 9 heteroatoms. The Morgan fingerprint density at radius 1 is 0.939 bits per heavy atom. The SMILES string of the molecule is CC(C)(C)[Si](C)(C)OC1[C@@H](O[Si](C)(C)C(C)(C)C)O[C@H](COCc2ccccc2)[C@H]1N=[N+]=[N-]. The fraction of sp³-hybridized carbons (Fsp3) is 0.750. The van der Waals surface area contributed by atoms with Gasteiger partial charge in [0.1, 0.15) is 6.10 Å². The first-order valence-electron chi connectivity index (χ1n) is 11.8. The second kappa shape index (κ2) is 10.6. The molecule has 1 aromatic carbocycles. The summed E-state index contributed by atoms with van der Waals surface area (Å²) in [6.07, 6.45) is -1.50. The molecular weight excluding hydrogens is 450 g/mol. The van der Waals surface area contributed by atoms with Crippen molar-refractivity contribution in [3.05, 3.63) is 46.3 Å². The molecule has 0 N–H and O–H groups in total. The van der Waals surface area contributed by atoms with E-state index in [0.717, 1.165) is 5.56 Å². The zero-order valence-corrected chi connectivity index (χ0v) is 24.1. The number of hydrogen-bond acceptors (Lipinski definition) is 5. The van der Waals surface area contributed by atoms with Crippen molar-refractivity contribution in [1.29, 1.82) is 0 Å². The first-order valence-corrected chi connectivity index (χ1v) is 17.6. The van der Waals surface area contributed by atoms with Gasteiger partial charge in [-0.1, -0.05) is 77.0 Å². The molecule has 1 saturated heterocycles. The van der Waals surface area contributed by atoms with Crippen LogP contribution in [-0.2, 0) is 24.9 Å². The summed E-state index contributed by atoms with van der Waals surface area (Å²) in [6, 6.07) is 9.47. The molecule has 1 aromatic rings. The smallest absolute Gasteiger partial charge is 0.195 e. The first kappa shape index (κ1) is 28.0. The van der Waals surface area contributed by atoms with Crippen molar-refractivity contribution in [2.75, 3.05) is 6.61 Å². The Balaban J connectivity index is 2.29. The molecule has 1 heterocycles. The van der Waals surface area contributed by atoms with Crippen LogP contribution in [0.2, 0.25) is 36.3 Å². The molecule has 0 amide bonds. The van der Waals surface area contributed by atoms with E-state index in [-0.39, 0.29) is 10.1 Å². The predicted octanol–water partition coefficient (Wildman–Crippen LogP) is 7.02. The van der Waals surface area contributed by atoms with Gasteiger partial charge >= 0.3 is 0 Å². The van der Waals surface area contributed by atoms with Gasteiger partial charge in [-0.2, -0.15) is 0 Å². The lowest BCUT2D eigenvalue weighted by Crippen LogP contribution is -2.52. The van der Waals surface area contributed by atoms with Gasteiger partial charge in [0.2, 0.25) is 0 Å². The van der Waals surface area contributed by atoms with Gasteiger partial charge in [-0.25, -0.2) is 0 Å². The predicted molar refractivity (Wildman–Crippen MR) is 138 cm³/mol. The summed E-state index contributed by atoms with van der Waals surface area (Å²) in [6.45, 7) is 22.7. The van der Waals surface area contributed by atoms with Crippen molar-refractivity contribution in [3.8, 4) is 0 Å². The number of hydrogen-bond donors (Lipinski definition) is 0. The highest BCUT2D eigenvalue weighted by molar-refractivity contribution is 6.74. The van der Waals surface area contributed by atoms with Gasteiger partial charge in [0.05, 0.1) is 25.4 Å². The lowest BCUT2D eigenvalue weighted by Gasteiger charge is -2.43. The zero-order chi connectivity index (χ0) is 25.1. The van der Waals surface area contributed by atoms with Gasteiger partial charge in [0.25, 0.3) is 0 Å². The van der Waals surface area contributed by atoms with Gasteiger partial charge in [-0.15, -0.1) is 0 Å². The molecule has 2 rings (SSSR count). The molecule has 0 saturated carbocycles. The highest BCUT2D eigenvalue weighted by Gasteiger charge is 2.53. The molecule has 1 fully saturated rings. The van der Waals surface area contributed by atoms with Crippen LogP contribution >= 0.6 is 0 Å². The molecule has 0 bridgehead atoms. The van der Waals surface area contributed by atoms with Crippen molar-refractivity contribution < 1.29 is 18.3 Å². The van der Waals surface area contributed by atoms with Crippen molar-refractivity contribution in [2.24, 2.45) is 5.11 Å². The quantitative estimate of drug-likeness (QED) is 0.160. The number of rotatable bonds is 9. The number of ether oxygens (including phenoxy) is 2. The Morgan fingerprint density at radius 2 is 1.48 bits per heavy atom. The Kier molecular flexibility index (Phi) is 9.01. The number of nitrogens with zero attached hydrogens (tertiary/aromatic N) is 3. The summed E-state index contributed by atoms with van der Waals surface area (Å²) in [5, 5.41) is 4.13. The van der Waals surface area contributed by atoms with Crippen LogP contribution < -0.4 is 0 Å². The summed E-state index contributed by atoms with van der Waals surface area (Å²) in [5.74, 6) is 0. The molecule has 4 atom stereocenters. The Hall–Kier alpha value is -1.20. The zero-order valence-electron chi connectivity index (χ0n) is 22.1. The largest absolute Gasteiger partial charge is 0.408 e. The van der Waals surface area contributed by atoms with E-state index in [1.165, 1.54) is 0 Å². The molecule has 7 nitrogen and oxygen atoms in total. The van der Waals surface area contributed by atoms with Gasteiger partial charge in [-0.3, -0.25) is 0 Å². The van der Waals surface area contributed by atoms with Crippen LogP contribution in [0.25, 0.3) is 10.4 Å². The van der Waals surface area contributed by atoms with Gasteiger partial charge in [0, 0.05) is 4.91 Å². The summed E-state index contributed by atoms with van der Waals surface area (Å²) in [7, 11) is -4.35. The van der Waals surface area contributed by atoms with Gasteiger partial charge in [0.15, 0.2) is 22.9 Å². The number of benzene rings is 1. The molecule has 1 aliphatic rings. The van der Waals surface area contributed by atoms with Gasteiger partial charge < -0.3 is 18.3 Å². The molecule has 33 heavy (non-hydrogen) atoms. The van der Waals surface area contributed by atoms with Crippen molar-refractivity contribution in [1.82, 2.24) is 0 Å². The molecule has 0 radical (unpaired) electrons. The maximum absolute atomic E-state index is 9.36. The van der Waals surface area contributed by atoms with E-state index in [1.54, 1.807) is 0 Å². The average molecular weight is 494 g/mol. The fourth-order valence-electron chi connectivity index (χ4n) is 3.11. The third-order valence-corrected chi connectivity index (χ3v) is 16.2. The van der Waals surface area contributed by atoms with E-state index in [0.29, 0.717) is 13.2 Å². The molecule has 0 aromatic heterocycles. The summed E-state index contributed by atoms with van der Waals surface area (Å²) >= 11 is 0. The van der Waals surface area contributed by atoms with Crippen LogP contribution in [0.15, 0.2) is 35.4 Å². The maximum atomic E-state index is 9.36. The lowest BCUT2D eigenvalue weighted by molar-refractivity contribution is -0.126. The Morgan fingerprint density at radius 3 is 2.00 bits per heavy atom. The minimum Gasteiger partial charge on any atom is -0.408 e. The van der Waals surface area contributed by atoms with Crippen LogP contribution in [0.5, 0.6) is 0 Å². The fourth-order valence-corrected chi connectivity index (χ4v) is 5.52. The van der Waals surface area contributed by atoms with Crippen LogP contribution in [0, 0.1) is 0 Å². The van der Waals surface area contributed by atoms with Crippen molar-refractivity contribution in [3.63, 3.8) is 0 Å². The molecule has 0 aliphatic carbocycles. The summed E-state index contributed by atoms with van der Waals surface area (Å²) in [5.41, 5.74) is 10.4. The third kappa shape index (κ3) is 7.15. The second-order valence-electron chi connectivity index (χ2n) is 12.0. The minimum atomic E-state index is -2.19. The van der Waals surface area contributed by atoms with E-state index >= 15 is 0 Å². The Labute approximate surface area is 202 Å². The molecular formula is C24H43N3O4Si2. The standard InChI is InChI=1S/C24H43N3O4Si2/c1-23(2,3)32(7,8)30-21-20(26-27-25)19(17-28-16-18-14-12-11-13-15-18)29-22(21)31-33(9,10)24(4,5)6/h11-15,19-22H,16-17H2,1-10H3/t19-,20-,21?,22-/m1/s1. The monoisotopic (exact) mass is 493 g/mol.